The van der Waals surface area contributed by atoms with Crippen LogP contribution in [0.15, 0.2) is 152 Å². The predicted molar refractivity (Wildman–Crippen MR) is 188 cm³/mol. The van der Waals surface area contributed by atoms with Gasteiger partial charge in [-0.1, -0.05) is 109 Å². The minimum Gasteiger partial charge on any atom is -0.292 e. The summed E-state index contributed by atoms with van der Waals surface area (Å²) >= 11 is 0. The van der Waals surface area contributed by atoms with Gasteiger partial charge in [0.1, 0.15) is 5.82 Å². The molecule has 2 aliphatic carbocycles. The van der Waals surface area contributed by atoms with Crippen LogP contribution in [0.1, 0.15) is 33.4 Å². The highest BCUT2D eigenvalue weighted by Crippen LogP contribution is 2.58. The molecule has 0 N–H and O–H groups in total. The van der Waals surface area contributed by atoms with Crippen molar-refractivity contribution >= 4 is 34.1 Å². The van der Waals surface area contributed by atoms with Crippen molar-refractivity contribution in [1.82, 2.24) is 14.5 Å². The topological polar surface area (TPSA) is 30.7 Å². The molecular weight excluding hydrogens is 558 g/mol. The first kappa shape index (κ1) is 25.3. The van der Waals surface area contributed by atoms with E-state index >= 15 is 0 Å². The van der Waals surface area contributed by atoms with Gasteiger partial charge in [0.05, 0.1) is 22.0 Å². The van der Waals surface area contributed by atoms with Gasteiger partial charge >= 0.3 is 0 Å². The van der Waals surface area contributed by atoms with Crippen molar-refractivity contribution in [2.24, 2.45) is 0 Å². The molecule has 0 atom stereocenters. The first-order valence-corrected chi connectivity index (χ1v) is 15.7. The number of rotatable bonds is 2. The normalized spacial score (nSPS) is 13.7. The van der Waals surface area contributed by atoms with Crippen LogP contribution in [0.25, 0.3) is 62.2 Å². The van der Waals surface area contributed by atoms with Crippen LogP contribution >= 0.6 is 0 Å². The van der Waals surface area contributed by atoms with E-state index in [1.54, 1.807) is 0 Å². The Balaban J connectivity index is 1.26. The SMILES string of the molecule is C1=Cc2ccc(-c3ccc4c(c3)c3ncccc3n4-c3ccccn3)cc2C2(c3ccccc31)c1ccccc1-c1ccccc12. The van der Waals surface area contributed by atoms with Gasteiger partial charge in [-0.05, 0) is 98.1 Å². The molecule has 5 aromatic carbocycles. The third-order valence-corrected chi connectivity index (χ3v) is 9.95. The fourth-order valence-corrected chi connectivity index (χ4v) is 8.08. The fourth-order valence-electron chi connectivity index (χ4n) is 8.08. The Hall–Kier alpha value is -6.06. The zero-order valence-electron chi connectivity index (χ0n) is 24.9. The van der Waals surface area contributed by atoms with E-state index in [9.17, 15) is 0 Å². The Kier molecular flexibility index (Phi) is 5.20. The number of benzene rings is 5. The maximum Gasteiger partial charge on any atom is 0.137 e. The van der Waals surface area contributed by atoms with E-state index in [1.807, 2.05) is 36.7 Å². The molecule has 0 bridgehead atoms. The van der Waals surface area contributed by atoms with E-state index < -0.39 is 5.41 Å². The van der Waals surface area contributed by atoms with E-state index in [0.29, 0.717) is 0 Å². The van der Waals surface area contributed by atoms with Crippen molar-refractivity contribution in [2.45, 2.75) is 5.41 Å². The number of aromatic nitrogens is 3. The Morgan fingerprint density at radius 1 is 0.457 bits per heavy atom. The maximum absolute atomic E-state index is 4.85. The van der Waals surface area contributed by atoms with Gasteiger partial charge in [-0.3, -0.25) is 9.55 Å². The van der Waals surface area contributed by atoms with Crippen LogP contribution in [0.3, 0.4) is 0 Å². The number of fused-ring (bicyclic) bond motifs is 12. The molecule has 8 aromatic rings. The van der Waals surface area contributed by atoms with Crippen LogP contribution in [0, 0.1) is 0 Å². The van der Waals surface area contributed by atoms with Gasteiger partial charge in [0.15, 0.2) is 0 Å². The van der Waals surface area contributed by atoms with Crippen molar-refractivity contribution in [3.63, 3.8) is 0 Å². The van der Waals surface area contributed by atoms with Gasteiger partial charge in [0, 0.05) is 17.8 Å². The molecule has 10 rings (SSSR count). The molecule has 3 heteroatoms. The summed E-state index contributed by atoms with van der Waals surface area (Å²) in [5.74, 6) is 0.888. The molecule has 0 saturated heterocycles. The summed E-state index contributed by atoms with van der Waals surface area (Å²) in [6.07, 6.45) is 8.30. The van der Waals surface area contributed by atoms with Gasteiger partial charge < -0.3 is 0 Å². The Labute approximate surface area is 266 Å². The monoisotopic (exact) mass is 585 g/mol. The fraction of sp³-hybridized carbons (Fsp3) is 0.0233. The maximum atomic E-state index is 4.85. The second kappa shape index (κ2) is 9.47. The van der Waals surface area contributed by atoms with Crippen molar-refractivity contribution in [2.75, 3.05) is 0 Å². The minimum absolute atomic E-state index is 0.445. The van der Waals surface area contributed by atoms with Crippen molar-refractivity contribution < 1.29 is 0 Å². The lowest BCUT2D eigenvalue weighted by atomic mass is 9.65. The molecule has 0 unspecified atom stereocenters. The van der Waals surface area contributed by atoms with Crippen LogP contribution in [0.4, 0.5) is 0 Å². The molecule has 3 heterocycles. The largest absolute Gasteiger partial charge is 0.292 e. The average molecular weight is 586 g/mol. The summed E-state index contributed by atoms with van der Waals surface area (Å²) in [4.78, 5) is 9.53. The van der Waals surface area contributed by atoms with Gasteiger partial charge in [-0.15, -0.1) is 0 Å². The Bertz CT molecular complexity index is 2490. The lowest BCUT2D eigenvalue weighted by Crippen LogP contribution is -2.30. The van der Waals surface area contributed by atoms with E-state index in [0.717, 1.165) is 33.3 Å². The molecule has 46 heavy (non-hydrogen) atoms. The van der Waals surface area contributed by atoms with E-state index in [1.165, 1.54) is 50.1 Å². The predicted octanol–water partition coefficient (Wildman–Crippen LogP) is 10.1. The average Bonchev–Trinajstić information content (AvgIpc) is 3.56. The summed E-state index contributed by atoms with van der Waals surface area (Å²) in [7, 11) is 0. The molecule has 0 fully saturated rings. The first-order chi connectivity index (χ1) is 22.8. The third-order valence-electron chi connectivity index (χ3n) is 9.95. The Morgan fingerprint density at radius 2 is 1.11 bits per heavy atom. The standard InChI is InChI=1S/C43H27N3/c1-4-13-35-28(10-1)18-19-29-20-21-31(27-38(29)43(35)36-14-5-2-11-32(36)33-12-3-6-15-37(33)43)30-22-23-39-34(26-30)42-40(16-9-25-45-42)46(39)41-17-7-8-24-44-41/h1-27H. The first-order valence-electron chi connectivity index (χ1n) is 15.7. The smallest absolute Gasteiger partial charge is 0.137 e. The van der Waals surface area contributed by atoms with Crippen LogP contribution in [0.2, 0.25) is 0 Å². The molecule has 2 aliphatic rings. The number of hydrogen-bond acceptors (Lipinski definition) is 2. The van der Waals surface area contributed by atoms with Gasteiger partial charge in [0.2, 0.25) is 0 Å². The molecule has 214 valence electrons. The number of pyridine rings is 2. The highest BCUT2D eigenvalue weighted by Gasteiger charge is 2.48. The van der Waals surface area contributed by atoms with E-state index in [4.69, 9.17) is 4.98 Å². The van der Waals surface area contributed by atoms with Crippen LogP contribution in [-0.2, 0) is 5.41 Å². The van der Waals surface area contributed by atoms with Gasteiger partial charge in [0.25, 0.3) is 0 Å². The zero-order chi connectivity index (χ0) is 30.2. The molecule has 0 saturated carbocycles. The summed E-state index contributed by atoms with van der Waals surface area (Å²) in [6.45, 7) is 0. The summed E-state index contributed by atoms with van der Waals surface area (Å²) < 4.78 is 2.21. The molecule has 0 amide bonds. The van der Waals surface area contributed by atoms with Crippen molar-refractivity contribution in [1.29, 1.82) is 0 Å². The lowest BCUT2D eigenvalue weighted by molar-refractivity contribution is 0.766. The van der Waals surface area contributed by atoms with Crippen LogP contribution in [-0.4, -0.2) is 14.5 Å². The van der Waals surface area contributed by atoms with E-state index in [2.05, 4.69) is 137 Å². The van der Waals surface area contributed by atoms with Crippen molar-refractivity contribution in [3.05, 3.63) is 185 Å². The Morgan fingerprint density at radius 3 is 1.89 bits per heavy atom. The molecule has 0 aliphatic heterocycles. The van der Waals surface area contributed by atoms with Crippen LogP contribution in [0.5, 0.6) is 0 Å². The number of nitrogens with zero attached hydrogens (tertiary/aromatic N) is 3. The second-order valence-corrected chi connectivity index (χ2v) is 12.2. The van der Waals surface area contributed by atoms with Gasteiger partial charge in [-0.25, -0.2) is 4.98 Å². The summed E-state index contributed by atoms with van der Waals surface area (Å²) in [5.41, 5.74) is 15.4. The van der Waals surface area contributed by atoms with Gasteiger partial charge in [-0.2, -0.15) is 0 Å². The molecule has 1 spiro atoms. The minimum atomic E-state index is -0.445. The lowest BCUT2D eigenvalue weighted by Gasteiger charge is -2.35. The second-order valence-electron chi connectivity index (χ2n) is 12.2. The van der Waals surface area contributed by atoms with Crippen LogP contribution < -0.4 is 0 Å². The summed E-state index contributed by atoms with van der Waals surface area (Å²) in [5, 5.41) is 1.12. The highest BCUT2D eigenvalue weighted by molar-refractivity contribution is 6.08. The summed E-state index contributed by atoms with van der Waals surface area (Å²) in [6, 6.07) is 50.8. The zero-order valence-corrected chi connectivity index (χ0v) is 24.9. The molecule has 3 aromatic heterocycles. The quantitative estimate of drug-likeness (QED) is 0.202. The molecular formula is C43H27N3. The van der Waals surface area contributed by atoms with E-state index in [-0.39, 0.29) is 0 Å². The highest BCUT2D eigenvalue weighted by atomic mass is 15.1. The molecule has 3 nitrogen and oxygen atoms in total. The van der Waals surface area contributed by atoms with Crippen molar-refractivity contribution in [3.8, 4) is 28.1 Å². The molecule has 0 radical (unpaired) electrons. The number of hydrogen-bond donors (Lipinski definition) is 0. The third kappa shape index (κ3) is 3.32.